The molecule has 9 aromatic heterocycles. The van der Waals surface area contributed by atoms with Gasteiger partial charge in [0.2, 0.25) is 0 Å². The van der Waals surface area contributed by atoms with Crippen LogP contribution in [0.1, 0.15) is 41.5 Å². The summed E-state index contributed by atoms with van der Waals surface area (Å²) < 4.78 is 15.1. The molecule has 0 radical (unpaired) electrons. The van der Waals surface area contributed by atoms with Gasteiger partial charge in [-0.05, 0) is 112 Å². The molecule has 0 fully saturated rings. The molecule has 12 N–H and O–H groups in total. The number of carboxylic acids is 1. The van der Waals surface area contributed by atoms with E-state index in [0.717, 1.165) is 64.7 Å². The van der Waals surface area contributed by atoms with Gasteiger partial charge in [0.25, 0.3) is 5.91 Å². The number of rotatable bonds is 12. The number of fused-ring (bicyclic) bond motifs is 9. The van der Waals surface area contributed by atoms with Crippen LogP contribution in [-0.4, -0.2) is 122 Å². The average Bonchev–Trinajstić information content (AvgIpc) is 1.69. The van der Waals surface area contributed by atoms with Crippen molar-refractivity contribution < 1.29 is 24.2 Å². The molecule has 26 nitrogen and oxygen atoms in total. The van der Waals surface area contributed by atoms with E-state index in [1.807, 2.05) is 147 Å². The number of alkyl carbamates (subject to hydrolysis) is 1. The van der Waals surface area contributed by atoms with Crippen molar-refractivity contribution >= 4 is 117 Å². The van der Waals surface area contributed by atoms with Gasteiger partial charge in [0.1, 0.15) is 22.2 Å². The Labute approximate surface area is 528 Å². The quantitative estimate of drug-likeness (QED) is 0.0564. The van der Waals surface area contributed by atoms with E-state index in [9.17, 15) is 14.4 Å². The van der Waals surface area contributed by atoms with E-state index in [1.54, 1.807) is 86.0 Å². The Balaban J connectivity index is 0.000000136. The van der Waals surface area contributed by atoms with E-state index in [0.29, 0.717) is 84.4 Å². The van der Waals surface area contributed by atoms with Crippen molar-refractivity contribution in [1.29, 1.82) is 0 Å². The largest absolute Gasteiger partial charge is 0.478 e. The SMILES string of the molecule is CC(C)(C)OC(=O)NCCn1cc2c(n1)c(N)nc1cc(Br)ccc12.NCCn1cc2c(n1)c(N)nc1cc(-n3cccn3)ccc12.Nc1nc2cc(-n3cccn3)ccc2c2cn(CCNC(=O)c3ccccc3)nc12.O=C(O)c1ccccc1.c1cn[nH]c1. The maximum Gasteiger partial charge on any atom is 0.407 e. The predicted molar refractivity (Wildman–Crippen MR) is 354 cm³/mol. The zero-order chi connectivity index (χ0) is 64.0. The number of nitrogens with zero attached hydrogens (tertiary/aromatic N) is 14. The zero-order valence-electron chi connectivity index (χ0n) is 49.7. The number of pyridine rings is 3. The van der Waals surface area contributed by atoms with Crippen molar-refractivity contribution in [3.63, 3.8) is 0 Å². The molecular weight excluding hydrogens is 1220 g/mol. The number of benzene rings is 5. The Morgan fingerprint density at radius 1 is 0.560 bits per heavy atom. The summed E-state index contributed by atoms with van der Waals surface area (Å²) in [6.45, 7) is 8.55. The van der Waals surface area contributed by atoms with E-state index in [1.165, 1.54) is 0 Å². The lowest BCUT2D eigenvalue weighted by Gasteiger charge is -2.19. The van der Waals surface area contributed by atoms with Crippen LogP contribution >= 0.6 is 15.9 Å². The molecule has 14 rings (SSSR count). The van der Waals surface area contributed by atoms with E-state index < -0.39 is 17.7 Å². The number of H-pyrrole nitrogens is 1. The minimum absolute atomic E-state index is 0.106. The standard InChI is InChI=1S/C22H19N7O.C17H20BrN5O2.C15H15N7.C7H6O2.C3H4N2/c23-21-20-18(17-8-7-16(13-19(17)26-21)29-11-4-9-25-29)14-28(27-20)12-10-24-22(30)15-5-2-1-3-6-15;1-17(2,3)25-16(24)20-6-7-23-9-12-11-5-4-10(18)8-13(11)21-15(19)14(12)22-23;16-4-7-21-9-12-11-3-2-10(22-6-1-5-18-22)8-13(11)19-15(17)14(12)20-21;8-7(9)6-4-2-1-3-5-6;1-2-4-5-3-1/h1-9,11,13-14H,10,12H2,(H2,23,26)(H,24,30);4-5,8-9H,6-7H2,1-3H3,(H2,19,21)(H,20,24);1-3,5-6,8-9H,4,7,16H2,(H2,17,19);1-5H,(H,8,9);1-3H,(H,4,5). The summed E-state index contributed by atoms with van der Waals surface area (Å²) in [4.78, 5) is 47.5. The summed E-state index contributed by atoms with van der Waals surface area (Å²) in [5.74, 6) is 0.207. The fourth-order valence-corrected chi connectivity index (χ4v) is 9.79. The molecule has 0 unspecified atom stereocenters. The van der Waals surface area contributed by atoms with Crippen molar-refractivity contribution in [2.24, 2.45) is 5.73 Å². The minimum atomic E-state index is -0.879. The highest BCUT2D eigenvalue weighted by Crippen LogP contribution is 2.31. The number of aromatic nitrogens is 15. The first kappa shape index (κ1) is 62.5. The zero-order valence-corrected chi connectivity index (χ0v) is 51.3. The molecule has 91 heavy (non-hydrogen) atoms. The van der Waals surface area contributed by atoms with Gasteiger partial charge in [-0.15, -0.1) is 0 Å². The maximum atomic E-state index is 12.2. The van der Waals surface area contributed by atoms with Gasteiger partial charge in [0, 0.05) is 118 Å². The maximum absolute atomic E-state index is 12.2. The van der Waals surface area contributed by atoms with Crippen molar-refractivity contribution in [3.05, 3.63) is 205 Å². The van der Waals surface area contributed by atoms with Crippen LogP contribution in [-0.2, 0) is 24.4 Å². The van der Waals surface area contributed by atoms with Gasteiger partial charge in [-0.1, -0.05) is 58.4 Å². The third-order valence-corrected chi connectivity index (χ3v) is 14.0. The number of hydrogen-bond donors (Lipinski definition) is 8. The summed E-state index contributed by atoms with van der Waals surface area (Å²) in [6.07, 6.45) is 16.1. The van der Waals surface area contributed by atoms with Crippen LogP contribution in [0.5, 0.6) is 0 Å². The van der Waals surface area contributed by atoms with Gasteiger partial charge in [-0.3, -0.25) is 23.9 Å². The lowest BCUT2D eigenvalue weighted by atomic mass is 10.1. The Kier molecular flexibility index (Phi) is 19.6. The third kappa shape index (κ3) is 15.8. The number of carboxylic acid groups (broad SMARTS) is 1. The Morgan fingerprint density at radius 3 is 1.43 bits per heavy atom. The lowest BCUT2D eigenvalue weighted by Crippen LogP contribution is -2.34. The van der Waals surface area contributed by atoms with Crippen LogP contribution in [0.15, 0.2) is 194 Å². The molecule has 0 spiro atoms. The first-order chi connectivity index (χ1) is 44.0. The van der Waals surface area contributed by atoms with E-state index >= 15 is 0 Å². The molecule has 5 aromatic carbocycles. The number of anilines is 3. The topological polar surface area (TPSA) is 365 Å². The second-order valence-corrected chi connectivity index (χ2v) is 22.1. The molecule has 27 heteroatoms. The summed E-state index contributed by atoms with van der Waals surface area (Å²) in [5.41, 5.74) is 30.6. The molecule has 462 valence electrons. The number of ether oxygens (including phenoxy) is 1. The lowest BCUT2D eigenvalue weighted by molar-refractivity contribution is 0.0524. The monoisotopic (exact) mass is 1290 g/mol. The number of aromatic carboxylic acids is 1. The van der Waals surface area contributed by atoms with Gasteiger partial charge >= 0.3 is 12.1 Å². The van der Waals surface area contributed by atoms with Gasteiger partial charge in [0.05, 0.1) is 53.1 Å². The Morgan fingerprint density at radius 2 is 1.02 bits per heavy atom. The first-order valence-electron chi connectivity index (χ1n) is 28.6. The van der Waals surface area contributed by atoms with E-state index in [2.05, 4.69) is 77.2 Å². The van der Waals surface area contributed by atoms with E-state index in [-0.39, 0.29) is 5.91 Å². The number of nitrogens with one attached hydrogen (secondary N) is 3. The molecule has 0 aliphatic rings. The van der Waals surface area contributed by atoms with Crippen molar-refractivity contribution in [2.75, 3.05) is 36.8 Å². The molecule has 2 amide bonds. The molecule has 0 aliphatic heterocycles. The second kappa shape index (κ2) is 28.5. The number of nitrogen functional groups attached to an aromatic ring is 3. The molecule has 0 aliphatic carbocycles. The summed E-state index contributed by atoms with van der Waals surface area (Å²) in [5, 5.41) is 48.0. The molecule has 14 aromatic rings. The Hall–Kier alpha value is -11.6. The number of halogens is 1. The van der Waals surface area contributed by atoms with Crippen LogP contribution in [0.2, 0.25) is 0 Å². The Bertz CT molecular complexity index is 4740. The van der Waals surface area contributed by atoms with E-state index in [4.69, 9.17) is 32.8 Å². The molecule has 9 heterocycles. The number of carbonyl (C=O) groups excluding carboxylic acids is 2. The highest BCUT2D eigenvalue weighted by atomic mass is 79.9. The number of aromatic amines is 1. The van der Waals surface area contributed by atoms with Crippen LogP contribution in [0.3, 0.4) is 0 Å². The number of hydrogen-bond acceptors (Lipinski definition) is 17. The highest BCUT2D eigenvalue weighted by Gasteiger charge is 2.18. The average molecular weight is 1290 g/mol. The molecular formula is C64H64BrN21O5. The van der Waals surface area contributed by atoms with Crippen molar-refractivity contribution in [2.45, 2.75) is 46.0 Å². The number of carbonyl (C=O) groups is 3. The molecule has 0 atom stereocenters. The van der Waals surface area contributed by atoms with Crippen LogP contribution in [0, 0.1) is 0 Å². The normalized spacial score (nSPS) is 11.0. The van der Waals surface area contributed by atoms with Crippen molar-refractivity contribution in [3.8, 4) is 11.4 Å². The minimum Gasteiger partial charge on any atom is -0.478 e. The molecule has 0 bridgehead atoms. The summed E-state index contributed by atoms with van der Waals surface area (Å²) >= 11 is 3.44. The predicted octanol–water partition coefficient (Wildman–Crippen LogP) is 9.34. The second-order valence-electron chi connectivity index (χ2n) is 21.2. The van der Waals surface area contributed by atoms with Gasteiger partial charge in [0.15, 0.2) is 17.5 Å². The van der Waals surface area contributed by atoms with Gasteiger partial charge < -0.3 is 43.4 Å². The number of amides is 2. The van der Waals surface area contributed by atoms with Gasteiger partial charge in [-0.25, -0.2) is 33.9 Å². The fourth-order valence-electron chi connectivity index (χ4n) is 9.44. The fraction of sp³-hybridized carbons (Fsp3) is 0.156. The number of nitrogens with two attached hydrogens (primary N) is 4. The van der Waals surface area contributed by atoms with Crippen LogP contribution in [0.25, 0.3) is 76.8 Å². The van der Waals surface area contributed by atoms with Crippen LogP contribution < -0.4 is 33.6 Å². The summed E-state index contributed by atoms with van der Waals surface area (Å²) in [7, 11) is 0. The van der Waals surface area contributed by atoms with Gasteiger partial charge in [-0.2, -0.15) is 30.6 Å². The summed E-state index contributed by atoms with van der Waals surface area (Å²) in [6, 6.07) is 40.8. The van der Waals surface area contributed by atoms with Crippen molar-refractivity contribution in [1.82, 2.24) is 84.7 Å². The molecule has 0 saturated heterocycles. The first-order valence-corrected chi connectivity index (χ1v) is 29.3. The highest BCUT2D eigenvalue weighted by molar-refractivity contribution is 9.10. The van der Waals surface area contributed by atoms with Crippen LogP contribution in [0.4, 0.5) is 22.2 Å². The smallest absolute Gasteiger partial charge is 0.407 e. The third-order valence-electron chi connectivity index (χ3n) is 13.5. The molecule has 0 saturated carbocycles.